The first kappa shape index (κ1) is 18.4. The number of nitrogens with one attached hydrogen (secondary N) is 1. The minimum absolute atomic E-state index is 0.0539. The predicted molar refractivity (Wildman–Crippen MR) is 90.6 cm³/mol. The maximum atomic E-state index is 13.3. The van der Waals surface area contributed by atoms with Crippen molar-refractivity contribution >= 4 is 17.5 Å². The molecule has 1 N–H and O–H groups in total. The van der Waals surface area contributed by atoms with E-state index in [2.05, 4.69) is 15.5 Å². The van der Waals surface area contributed by atoms with E-state index in [0.717, 1.165) is 12.1 Å². The molecule has 1 aromatic heterocycles. The fourth-order valence-corrected chi connectivity index (χ4v) is 3.42. The van der Waals surface area contributed by atoms with Crippen molar-refractivity contribution < 1.29 is 27.5 Å². The third-order valence-corrected chi connectivity index (χ3v) is 4.73. The molecule has 3 heterocycles. The Labute approximate surface area is 157 Å². The second-order valence-corrected chi connectivity index (χ2v) is 6.66. The van der Waals surface area contributed by atoms with Gasteiger partial charge >= 0.3 is 6.18 Å². The van der Waals surface area contributed by atoms with E-state index < -0.39 is 23.6 Å². The average Bonchev–Trinajstić information content (AvgIpc) is 3.30. The first-order chi connectivity index (χ1) is 13.3. The highest BCUT2D eigenvalue weighted by Crippen LogP contribution is 2.34. The van der Waals surface area contributed by atoms with Crippen LogP contribution in [0.5, 0.6) is 0 Å². The number of nitrogens with zero attached hydrogens (tertiary/aromatic N) is 3. The van der Waals surface area contributed by atoms with Crippen LogP contribution in [0.2, 0.25) is 0 Å². The molecule has 10 heteroatoms. The van der Waals surface area contributed by atoms with Gasteiger partial charge in [-0.05, 0) is 36.8 Å². The number of alkyl halides is 3. The molecular formula is C18H15F3N4O3. The second-order valence-electron chi connectivity index (χ2n) is 6.66. The van der Waals surface area contributed by atoms with Gasteiger partial charge in [0, 0.05) is 24.0 Å². The molecular weight excluding hydrogens is 377 g/mol. The Bertz CT molecular complexity index is 920. The van der Waals surface area contributed by atoms with Gasteiger partial charge in [0.1, 0.15) is 0 Å². The molecule has 0 spiro atoms. The fourth-order valence-electron chi connectivity index (χ4n) is 3.42. The summed E-state index contributed by atoms with van der Waals surface area (Å²) in [7, 11) is 0. The van der Waals surface area contributed by atoms with Crippen LogP contribution >= 0.6 is 0 Å². The molecule has 28 heavy (non-hydrogen) atoms. The van der Waals surface area contributed by atoms with Crippen molar-refractivity contribution in [3.05, 3.63) is 53.3 Å². The van der Waals surface area contributed by atoms with Crippen molar-refractivity contribution in [3.63, 3.8) is 0 Å². The Morgan fingerprint density at radius 3 is 2.68 bits per heavy atom. The highest BCUT2D eigenvalue weighted by molar-refractivity contribution is 6.04. The summed E-state index contributed by atoms with van der Waals surface area (Å²) in [4.78, 5) is 26.5. The van der Waals surface area contributed by atoms with Crippen LogP contribution in [0.25, 0.3) is 0 Å². The van der Waals surface area contributed by atoms with E-state index in [1.165, 1.54) is 29.3 Å². The quantitative estimate of drug-likeness (QED) is 0.867. The maximum absolute atomic E-state index is 13.3. The van der Waals surface area contributed by atoms with Crippen molar-refractivity contribution in [1.29, 1.82) is 0 Å². The maximum Gasteiger partial charge on any atom is 0.416 e. The van der Waals surface area contributed by atoms with E-state index in [1.807, 2.05) is 0 Å². The standard InChI is InChI=1S/C18H15F3N4O3/c19-18(20,21)11-4-10(17(27)25-8-14-7-13(25)9-28-14)5-12(6-11)23-16(26)15-2-1-3-22-24-15/h1-6,13-14H,7-9H2,(H,23,26)/t13-,14-/m1/s1. The second kappa shape index (κ2) is 6.86. The summed E-state index contributed by atoms with van der Waals surface area (Å²) in [5.41, 5.74) is -1.36. The molecule has 2 aliphatic rings. The monoisotopic (exact) mass is 392 g/mol. The van der Waals surface area contributed by atoms with Crippen molar-refractivity contribution in [1.82, 2.24) is 15.1 Å². The molecule has 7 nitrogen and oxygen atoms in total. The molecule has 2 aromatic rings. The Kier molecular flexibility index (Phi) is 4.50. The van der Waals surface area contributed by atoms with Gasteiger partial charge in [0.2, 0.25) is 0 Å². The molecule has 2 fully saturated rings. The van der Waals surface area contributed by atoms with Crippen LogP contribution < -0.4 is 5.32 Å². The molecule has 0 saturated carbocycles. The zero-order valence-electron chi connectivity index (χ0n) is 14.4. The van der Waals surface area contributed by atoms with E-state index in [-0.39, 0.29) is 29.1 Å². The number of ether oxygens (including phenoxy) is 1. The Morgan fingerprint density at radius 1 is 1.25 bits per heavy atom. The van der Waals surface area contributed by atoms with Crippen molar-refractivity contribution in [2.24, 2.45) is 0 Å². The molecule has 146 valence electrons. The number of benzene rings is 1. The molecule has 2 bridgehead atoms. The zero-order chi connectivity index (χ0) is 19.9. The Morgan fingerprint density at radius 2 is 2.07 bits per heavy atom. The summed E-state index contributed by atoms with van der Waals surface area (Å²) < 4.78 is 45.4. The lowest BCUT2D eigenvalue weighted by Gasteiger charge is -2.27. The normalized spacial score (nSPS) is 21.0. The van der Waals surface area contributed by atoms with Gasteiger partial charge in [0.05, 0.1) is 24.3 Å². The van der Waals surface area contributed by atoms with E-state index in [4.69, 9.17) is 4.74 Å². The number of fused-ring (bicyclic) bond motifs is 2. The highest BCUT2D eigenvalue weighted by atomic mass is 19.4. The third-order valence-electron chi connectivity index (χ3n) is 4.73. The van der Waals surface area contributed by atoms with Crippen LogP contribution in [0.3, 0.4) is 0 Å². The minimum Gasteiger partial charge on any atom is -0.374 e. The number of aromatic nitrogens is 2. The van der Waals surface area contributed by atoms with Crippen LogP contribution in [-0.2, 0) is 10.9 Å². The van der Waals surface area contributed by atoms with Gasteiger partial charge in [-0.25, -0.2) is 0 Å². The summed E-state index contributed by atoms with van der Waals surface area (Å²) in [6, 6.07) is 5.54. The summed E-state index contributed by atoms with van der Waals surface area (Å²) in [5.74, 6) is -1.24. The number of likely N-dealkylation sites (tertiary alicyclic amines) is 1. The molecule has 2 saturated heterocycles. The van der Waals surface area contributed by atoms with Crippen molar-refractivity contribution in [2.75, 3.05) is 18.5 Å². The number of rotatable bonds is 3. The largest absolute Gasteiger partial charge is 0.416 e. The molecule has 0 aliphatic carbocycles. The SMILES string of the molecule is O=C(Nc1cc(C(=O)N2C[C@H]3C[C@@H]2CO3)cc(C(F)(F)F)c1)c1cccnn1. The van der Waals surface area contributed by atoms with E-state index >= 15 is 0 Å². The van der Waals surface area contributed by atoms with Gasteiger partial charge in [0.25, 0.3) is 11.8 Å². The predicted octanol–water partition coefficient (Wildman–Crippen LogP) is 2.36. The average molecular weight is 392 g/mol. The molecule has 0 unspecified atom stereocenters. The van der Waals surface area contributed by atoms with Gasteiger partial charge in [-0.1, -0.05) is 0 Å². The van der Waals surface area contributed by atoms with Gasteiger partial charge in [-0.2, -0.15) is 18.3 Å². The lowest BCUT2D eigenvalue weighted by Crippen LogP contribution is -2.41. The van der Waals surface area contributed by atoms with Gasteiger partial charge in [-0.15, -0.1) is 5.10 Å². The Hall–Kier alpha value is -3.01. The Balaban J connectivity index is 1.64. The van der Waals surface area contributed by atoms with Crippen LogP contribution in [0.1, 0.15) is 32.8 Å². The summed E-state index contributed by atoms with van der Waals surface area (Å²) in [6.45, 7) is 0.729. The number of hydrogen-bond donors (Lipinski definition) is 1. The molecule has 2 aliphatic heterocycles. The highest BCUT2D eigenvalue weighted by Gasteiger charge is 2.42. The smallest absolute Gasteiger partial charge is 0.374 e. The van der Waals surface area contributed by atoms with E-state index in [9.17, 15) is 22.8 Å². The molecule has 2 amide bonds. The van der Waals surface area contributed by atoms with Crippen LogP contribution in [0, 0.1) is 0 Å². The minimum atomic E-state index is -4.67. The molecule has 2 atom stereocenters. The lowest BCUT2D eigenvalue weighted by molar-refractivity contribution is -0.137. The number of anilines is 1. The first-order valence-electron chi connectivity index (χ1n) is 8.55. The number of morpholine rings is 1. The summed E-state index contributed by atoms with van der Waals surface area (Å²) in [6.07, 6.45) is -2.70. The number of carbonyl (C=O) groups excluding carboxylic acids is 2. The van der Waals surface area contributed by atoms with Crippen LogP contribution in [0.4, 0.5) is 18.9 Å². The number of amides is 2. The summed E-state index contributed by atoms with van der Waals surface area (Å²) >= 11 is 0. The third kappa shape index (κ3) is 3.55. The molecule has 0 radical (unpaired) electrons. The molecule has 1 aromatic carbocycles. The van der Waals surface area contributed by atoms with Gasteiger partial charge in [0.15, 0.2) is 5.69 Å². The summed E-state index contributed by atoms with van der Waals surface area (Å²) in [5, 5.41) is 9.53. The lowest BCUT2D eigenvalue weighted by atomic mass is 10.1. The van der Waals surface area contributed by atoms with Crippen molar-refractivity contribution in [3.8, 4) is 0 Å². The zero-order valence-corrected chi connectivity index (χ0v) is 14.4. The van der Waals surface area contributed by atoms with E-state index in [0.29, 0.717) is 19.6 Å². The fraction of sp³-hybridized carbons (Fsp3) is 0.333. The van der Waals surface area contributed by atoms with Crippen molar-refractivity contribution in [2.45, 2.75) is 24.7 Å². The van der Waals surface area contributed by atoms with Gasteiger partial charge in [-0.3, -0.25) is 9.59 Å². The van der Waals surface area contributed by atoms with Crippen LogP contribution in [-0.4, -0.2) is 52.2 Å². The number of carbonyl (C=O) groups is 2. The topological polar surface area (TPSA) is 84.4 Å². The van der Waals surface area contributed by atoms with Gasteiger partial charge < -0.3 is 15.0 Å². The number of halogens is 3. The molecule has 4 rings (SSSR count). The number of hydrogen-bond acceptors (Lipinski definition) is 5. The van der Waals surface area contributed by atoms with E-state index in [1.54, 1.807) is 0 Å². The van der Waals surface area contributed by atoms with Crippen LogP contribution in [0.15, 0.2) is 36.5 Å². The first-order valence-corrected chi connectivity index (χ1v) is 8.55.